The number of amides is 1. The number of hydrazine groups is 1. The van der Waals surface area contributed by atoms with Crippen molar-refractivity contribution in [2.45, 2.75) is 6.54 Å². The minimum Gasteiger partial charge on any atom is -0.336 e. The highest BCUT2D eigenvalue weighted by molar-refractivity contribution is 6.33. The molecule has 0 radical (unpaired) electrons. The summed E-state index contributed by atoms with van der Waals surface area (Å²) in [5.74, 6) is 5.38. The summed E-state index contributed by atoms with van der Waals surface area (Å²) in [6, 6.07) is 7.09. The highest BCUT2D eigenvalue weighted by atomic mass is 35.5. The summed E-state index contributed by atoms with van der Waals surface area (Å²) in [5, 5.41) is 0.296. The molecule has 104 valence electrons. The molecule has 0 atom stereocenters. The molecular weight excluding hydrogens is 278 g/mol. The van der Waals surface area contributed by atoms with Gasteiger partial charge in [-0.15, -0.1) is 0 Å². The molecule has 0 saturated heterocycles. The molecule has 2 aromatic rings. The van der Waals surface area contributed by atoms with Crippen LogP contribution in [0, 0.1) is 0 Å². The molecule has 3 N–H and O–H groups in total. The third kappa shape index (κ3) is 3.23. The van der Waals surface area contributed by atoms with Gasteiger partial charge in [0.2, 0.25) is 0 Å². The van der Waals surface area contributed by atoms with Crippen LogP contribution in [0.4, 0.5) is 5.82 Å². The zero-order valence-corrected chi connectivity index (χ0v) is 11.6. The lowest BCUT2D eigenvalue weighted by molar-refractivity contribution is 0.0783. The van der Waals surface area contributed by atoms with Crippen LogP contribution in [0.25, 0.3) is 0 Å². The van der Waals surface area contributed by atoms with Crippen molar-refractivity contribution in [3.05, 3.63) is 52.9 Å². The summed E-state index contributed by atoms with van der Waals surface area (Å²) in [6.07, 6.45) is 3.12. The second kappa shape index (κ2) is 6.31. The van der Waals surface area contributed by atoms with Crippen molar-refractivity contribution in [2.24, 2.45) is 5.84 Å². The summed E-state index contributed by atoms with van der Waals surface area (Å²) < 4.78 is 0. The van der Waals surface area contributed by atoms with E-state index in [1.165, 1.54) is 12.3 Å². The maximum Gasteiger partial charge on any atom is 0.255 e. The van der Waals surface area contributed by atoms with Gasteiger partial charge in [-0.25, -0.2) is 10.8 Å². The number of nitrogen functional groups attached to an aromatic ring is 1. The second-order valence-electron chi connectivity index (χ2n) is 4.18. The maximum atomic E-state index is 12.2. The fourth-order valence-corrected chi connectivity index (χ4v) is 1.91. The normalized spacial score (nSPS) is 10.2. The Labute approximate surface area is 121 Å². The van der Waals surface area contributed by atoms with Gasteiger partial charge in [0.1, 0.15) is 0 Å². The van der Waals surface area contributed by atoms with E-state index in [9.17, 15) is 4.79 Å². The Hall–Kier alpha value is -2.18. The Kier molecular flexibility index (Phi) is 4.49. The molecule has 0 aliphatic rings. The van der Waals surface area contributed by atoms with Gasteiger partial charge < -0.3 is 10.3 Å². The van der Waals surface area contributed by atoms with Gasteiger partial charge in [0, 0.05) is 19.4 Å². The first-order valence-electron chi connectivity index (χ1n) is 5.89. The molecule has 7 heteroatoms. The number of nitrogens with two attached hydrogens (primary N) is 1. The molecule has 0 fully saturated rings. The van der Waals surface area contributed by atoms with E-state index in [1.54, 1.807) is 18.1 Å². The van der Waals surface area contributed by atoms with Crippen LogP contribution >= 0.6 is 11.6 Å². The first kappa shape index (κ1) is 14.2. The summed E-state index contributed by atoms with van der Waals surface area (Å²) >= 11 is 5.95. The van der Waals surface area contributed by atoms with E-state index >= 15 is 0 Å². The van der Waals surface area contributed by atoms with Gasteiger partial charge in [-0.2, -0.15) is 0 Å². The van der Waals surface area contributed by atoms with E-state index in [4.69, 9.17) is 17.4 Å². The number of carbonyl (C=O) groups is 1. The summed E-state index contributed by atoms with van der Waals surface area (Å²) in [4.78, 5) is 21.9. The van der Waals surface area contributed by atoms with Gasteiger partial charge in [0.25, 0.3) is 5.91 Å². The van der Waals surface area contributed by atoms with Crippen molar-refractivity contribution in [2.75, 3.05) is 12.5 Å². The van der Waals surface area contributed by atoms with Gasteiger partial charge in [-0.3, -0.25) is 9.78 Å². The van der Waals surface area contributed by atoms with Crippen LogP contribution in [0.2, 0.25) is 5.02 Å². The third-order valence-corrected chi connectivity index (χ3v) is 2.98. The van der Waals surface area contributed by atoms with Crippen molar-refractivity contribution in [1.29, 1.82) is 0 Å². The summed E-state index contributed by atoms with van der Waals surface area (Å²) in [6.45, 7) is 0.411. The van der Waals surface area contributed by atoms with E-state index in [-0.39, 0.29) is 5.91 Å². The fraction of sp³-hybridized carbons (Fsp3) is 0.154. The van der Waals surface area contributed by atoms with E-state index in [2.05, 4.69) is 15.4 Å². The number of hydrogen-bond donors (Lipinski definition) is 2. The molecule has 0 saturated carbocycles. The fourth-order valence-electron chi connectivity index (χ4n) is 1.69. The highest BCUT2D eigenvalue weighted by Crippen LogP contribution is 2.19. The van der Waals surface area contributed by atoms with Crippen molar-refractivity contribution in [3.63, 3.8) is 0 Å². The summed E-state index contributed by atoms with van der Waals surface area (Å²) in [5.41, 5.74) is 3.56. The van der Waals surface area contributed by atoms with Crippen LogP contribution in [0.3, 0.4) is 0 Å². The van der Waals surface area contributed by atoms with Crippen LogP contribution in [-0.2, 0) is 6.54 Å². The number of carbonyl (C=O) groups excluding carboxylic acids is 1. The van der Waals surface area contributed by atoms with E-state index < -0.39 is 0 Å². The molecule has 1 amide bonds. The predicted molar refractivity (Wildman–Crippen MR) is 77.1 cm³/mol. The monoisotopic (exact) mass is 291 g/mol. The van der Waals surface area contributed by atoms with Gasteiger partial charge in [0.15, 0.2) is 5.82 Å². The lowest BCUT2D eigenvalue weighted by Gasteiger charge is -2.17. The predicted octanol–water partition coefficient (Wildman–Crippen LogP) is 1.69. The molecule has 2 rings (SSSR count). The van der Waals surface area contributed by atoms with Crippen molar-refractivity contribution in [1.82, 2.24) is 14.9 Å². The minimum atomic E-state index is -0.186. The lowest BCUT2D eigenvalue weighted by atomic mass is 10.2. The van der Waals surface area contributed by atoms with Gasteiger partial charge in [-0.05, 0) is 18.2 Å². The number of hydrogen-bond acceptors (Lipinski definition) is 5. The number of halogens is 1. The molecule has 0 aromatic carbocycles. The zero-order chi connectivity index (χ0) is 14.5. The first-order chi connectivity index (χ1) is 9.61. The van der Waals surface area contributed by atoms with Crippen molar-refractivity contribution in [3.8, 4) is 0 Å². The van der Waals surface area contributed by atoms with E-state index in [1.807, 2.05) is 18.2 Å². The Morgan fingerprint density at radius 1 is 1.45 bits per heavy atom. The zero-order valence-electron chi connectivity index (χ0n) is 10.9. The molecular formula is C13H14ClN5O. The molecule has 0 spiro atoms. The smallest absolute Gasteiger partial charge is 0.255 e. The Balaban J connectivity index is 2.12. The number of rotatable bonds is 4. The average molecular weight is 292 g/mol. The average Bonchev–Trinajstić information content (AvgIpc) is 2.47. The van der Waals surface area contributed by atoms with E-state index in [0.29, 0.717) is 22.9 Å². The molecule has 6 nitrogen and oxygen atoms in total. The van der Waals surface area contributed by atoms with Crippen LogP contribution in [-0.4, -0.2) is 27.8 Å². The minimum absolute atomic E-state index is 0.186. The second-order valence-corrected chi connectivity index (χ2v) is 4.59. The maximum absolute atomic E-state index is 12.2. The van der Waals surface area contributed by atoms with Crippen molar-refractivity contribution < 1.29 is 4.79 Å². The van der Waals surface area contributed by atoms with Crippen LogP contribution in [0.5, 0.6) is 0 Å². The molecule has 0 aliphatic heterocycles. The Bertz CT molecular complexity index is 605. The first-order valence-corrected chi connectivity index (χ1v) is 6.27. The van der Waals surface area contributed by atoms with Gasteiger partial charge in [-0.1, -0.05) is 17.7 Å². The summed E-state index contributed by atoms with van der Waals surface area (Å²) in [7, 11) is 1.69. The molecule has 2 heterocycles. The number of nitrogens with zero attached hydrogens (tertiary/aromatic N) is 3. The number of nitrogens with one attached hydrogen (secondary N) is 1. The van der Waals surface area contributed by atoms with Gasteiger partial charge in [0.05, 0.1) is 22.8 Å². The van der Waals surface area contributed by atoms with E-state index in [0.717, 1.165) is 5.69 Å². The third-order valence-electron chi connectivity index (χ3n) is 2.70. The van der Waals surface area contributed by atoms with Crippen LogP contribution in [0.15, 0.2) is 36.7 Å². The van der Waals surface area contributed by atoms with Crippen LogP contribution < -0.4 is 11.3 Å². The lowest BCUT2D eigenvalue weighted by Crippen LogP contribution is -2.26. The Morgan fingerprint density at radius 3 is 2.85 bits per heavy atom. The van der Waals surface area contributed by atoms with Crippen LogP contribution in [0.1, 0.15) is 16.1 Å². The largest absolute Gasteiger partial charge is 0.336 e. The number of aromatic nitrogens is 2. The molecule has 0 aliphatic carbocycles. The standard InChI is InChI=1S/C13H14ClN5O/c1-19(8-10-4-2-3-5-16-10)13(20)9-6-11(14)12(18-15)17-7-9/h2-7H,8,15H2,1H3,(H,17,18). The number of anilines is 1. The quantitative estimate of drug-likeness (QED) is 0.661. The van der Waals surface area contributed by atoms with Crippen molar-refractivity contribution >= 4 is 23.3 Å². The highest BCUT2D eigenvalue weighted by Gasteiger charge is 2.14. The SMILES string of the molecule is CN(Cc1ccccn1)C(=O)c1cnc(NN)c(Cl)c1. The molecule has 20 heavy (non-hydrogen) atoms. The molecule has 0 bridgehead atoms. The number of pyridine rings is 2. The Morgan fingerprint density at radius 2 is 2.25 bits per heavy atom. The molecule has 0 unspecified atom stereocenters. The topological polar surface area (TPSA) is 84.1 Å². The molecule has 2 aromatic heterocycles. The van der Waals surface area contributed by atoms with Gasteiger partial charge >= 0.3 is 0 Å².